The van der Waals surface area contributed by atoms with Gasteiger partial charge in [-0.25, -0.2) is 4.79 Å². The number of nitrogens with two attached hydrogens (primary N) is 1. The van der Waals surface area contributed by atoms with E-state index in [1.807, 2.05) is 14.1 Å². The molecule has 3 unspecified atom stereocenters. The molecule has 1 aliphatic heterocycles. The van der Waals surface area contributed by atoms with Crippen molar-refractivity contribution in [2.45, 2.75) is 25.9 Å². The molecule has 3 atom stereocenters. The van der Waals surface area contributed by atoms with E-state index in [0.717, 1.165) is 0 Å². The molecule has 0 saturated carbocycles. The van der Waals surface area contributed by atoms with Gasteiger partial charge < -0.3 is 20.3 Å². The molecule has 1 amide bonds. The number of ether oxygens (including phenoxy) is 1. The molecule has 1 rings (SSSR count). The molecule has 0 spiro atoms. The quantitative estimate of drug-likeness (QED) is 0.531. The molecule has 104 valence electrons. The summed E-state index contributed by atoms with van der Waals surface area (Å²) >= 11 is 0. The van der Waals surface area contributed by atoms with Crippen molar-refractivity contribution in [2.24, 2.45) is 11.7 Å². The molecule has 0 bridgehead atoms. The minimum Gasteiger partial charge on any atom is -0.464 e. The summed E-state index contributed by atoms with van der Waals surface area (Å²) in [5, 5.41) is 0. The lowest BCUT2D eigenvalue weighted by Crippen LogP contribution is -2.48. The van der Waals surface area contributed by atoms with Crippen molar-refractivity contribution in [3.63, 3.8) is 0 Å². The van der Waals surface area contributed by atoms with Gasteiger partial charge in [0, 0.05) is 19.1 Å². The molecule has 1 saturated heterocycles. The molecule has 0 aromatic carbocycles. The molecule has 18 heavy (non-hydrogen) atoms. The van der Waals surface area contributed by atoms with E-state index in [9.17, 15) is 9.59 Å². The second-order valence-corrected chi connectivity index (χ2v) is 4.98. The maximum atomic E-state index is 12.1. The van der Waals surface area contributed by atoms with Crippen LogP contribution in [0.2, 0.25) is 0 Å². The van der Waals surface area contributed by atoms with Crippen molar-refractivity contribution in [3.05, 3.63) is 0 Å². The molecular weight excluding hydrogens is 234 g/mol. The smallest absolute Gasteiger partial charge is 0.332 e. The van der Waals surface area contributed by atoms with Gasteiger partial charge in [-0.1, -0.05) is 6.92 Å². The van der Waals surface area contributed by atoms with Crippen LogP contribution >= 0.6 is 0 Å². The van der Waals surface area contributed by atoms with Gasteiger partial charge in [-0.3, -0.25) is 4.79 Å². The Bertz CT molecular complexity index is 320. The van der Waals surface area contributed by atoms with E-state index < -0.39 is 12.0 Å². The Morgan fingerprint density at radius 1 is 1.44 bits per heavy atom. The van der Waals surface area contributed by atoms with E-state index in [4.69, 9.17) is 10.5 Å². The SMILES string of the molecule is CCOC(=O)C(N)C(=O)N1CC(C)C(N(C)C)C1. The largest absolute Gasteiger partial charge is 0.464 e. The lowest BCUT2D eigenvalue weighted by Gasteiger charge is -2.23. The molecule has 0 aromatic rings. The summed E-state index contributed by atoms with van der Waals surface area (Å²) in [6, 6.07) is -0.888. The average Bonchev–Trinajstić information content (AvgIpc) is 2.69. The van der Waals surface area contributed by atoms with Crippen LogP contribution in [0.4, 0.5) is 0 Å². The van der Waals surface area contributed by atoms with Gasteiger partial charge >= 0.3 is 5.97 Å². The summed E-state index contributed by atoms with van der Waals surface area (Å²) in [5.41, 5.74) is 5.61. The van der Waals surface area contributed by atoms with Crippen LogP contribution in [0, 0.1) is 5.92 Å². The highest BCUT2D eigenvalue weighted by Crippen LogP contribution is 2.20. The standard InChI is InChI=1S/C12H23N3O3/c1-5-18-12(17)10(13)11(16)15-6-8(2)9(7-15)14(3)4/h8-10H,5-7,13H2,1-4H3. The minimum absolute atomic E-state index is 0.233. The van der Waals surface area contributed by atoms with Gasteiger partial charge in [0.05, 0.1) is 6.61 Å². The zero-order chi connectivity index (χ0) is 13.9. The third-order valence-corrected chi connectivity index (χ3v) is 3.35. The highest BCUT2D eigenvalue weighted by molar-refractivity contribution is 6.01. The minimum atomic E-state index is -1.20. The number of carbonyl (C=O) groups excluding carboxylic acids is 2. The van der Waals surface area contributed by atoms with Crippen molar-refractivity contribution in [1.82, 2.24) is 9.80 Å². The predicted molar refractivity (Wildman–Crippen MR) is 67.8 cm³/mol. The van der Waals surface area contributed by atoms with Gasteiger partial charge in [-0.2, -0.15) is 0 Å². The van der Waals surface area contributed by atoms with Gasteiger partial charge in [0.2, 0.25) is 0 Å². The van der Waals surface area contributed by atoms with Gasteiger partial charge in [0.25, 0.3) is 5.91 Å². The van der Waals surface area contributed by atoms with Crippen molar-refractivity contribution in [3.8, 4) is 0 Å². The Kier molecular flexibility index (Phi) is 5.10. The summed E-state index contributed by atoms with van der Waals surface area (Å²) in [4.78, 5) is 27.2. The first-order chi connectivity index (χ1) is 8.38. The van der Waals surface area contributed by atoms with Gasteiger partial charge in [-0.15, -0.1) is 0 Å². The summed E-state index contributed by atoms with van der Waals surface area (Å²) in [7, 11) is 3.97. The van der Waals surface area contributed by atoms with E-state index in [1.165, 1.54) is 0 Å². The second kappa shape index (κ2) is 6.15. The summed E-state index contributed by atoms with van der Waals surface area (Å²) < 4.78 is 4.76. The fourth-order valence-electron chi connectivity index (χ4n) is 2.33. The van der Waals surface area contributed by atoms with Crippen LogP contribution in [0.15, 0.2) is 0 Å². The highest BCUT2D eigenvalue weighted by atomic mass is 16.5. The van der Waals surface area contributed by atoms with E-state index in [0.29, 0.717) is 25.0 Å². The first kappa shape index (κ1) is 14.9. The molecule has 0 aromatic heterocycles. The number of esters is 1. The number of rotatable bonds is 4. The number of likely N-dealkylation sites (N-methyl/N-ethyl adjacent to an activating group) is 1. The summed E-state index contributed by atoms with van der Waals surface area (Å²) in [5.74, 6) is -0.619. The number of likely N-dealkylation sites (tertiary alicyclic amines) is 1. The fraction of sp³-hybridized carbons (Fsp3) is 0.833. The Morgan fingerprint density at radius 2 is 2.06 bits per heavy atom. The van der Waals surface area contributed by atoms with Crippen LogP contribution < -0.4 is 5.73 Å². The summed E-state index contributed by atoms with van der Waals surface area (Å²) in [6.07, 6.45) is 0. The molecule has 1 heterocycles. The lowest BCUT2D eigenvalue weighted by atomic mass is 10.1. The number of hydrogen-bond acceptors (Lipinski definition) is 5. The third kappa shape index (κ3) is 3.20. The summed E-state index contributed by atoms with van der Waals surface area (Å²) in [6.45, 7) is 5.26. The van der Waals surface area contributed by atoms with Crippen LogP contribution in [0.5, 0.6) is 0 Å². The first-order valence-electron chi connectivity index (χ1n) is 6.25. The molecule has 0 radical (unpaired) electrons. The van der Waals surface area contributed by atoms with Crippen LogP contribution in [0.25, 0.3) is 0 Å². The highest BCUT2D eigenvalue weighted by Gasteiger charge is 2.37. The molecule has 1 fully saturated rings. The van der Waals surface area contributed by atoms with Gasteiger partial charge in [0.15, 0.2) is 6.04 Å². The maximum absolute atomic E-state index is 12.1. The number of carbonyl (C=O) groups is 2. The van der Waals surface area contributed by atoms with Gasteiger partial charge in [0.1, 0.15) is 0 Å². The molecular formula is C12H23N3O3. The topological polar surface area (TPSA) is 75.9 Å². The van der Waals surface area contributed by atoms with Gasteiger partial charge in [-0.05, 0) is 26.9 Å². The number of amides is 1. The molecule has 1 aliphatic rings. The van der Waals surface area contributed by atoms with E-state index in [2.05, 4.69) is 11.8 Å². The Hall–Kier alpha value is -1.14. The molecule has 0 aliphatic carbocycles. The second-order valence-electron chi connectivity index (χ2n) is 4.98. The van der Waals surface area contributed by atoms with E-state index in [1.54, 1.807) is 11.8 Å². The van der Waals surface area contributed by atoms with Crippen molar-refractivity contribution in [1.29, 1.82) is 0 Å². The molecule has 6 nitrogen and oxygen atoms in total. The van der Waals surface area contributed by atoms with Crippen molar-refractivity contribution >= 4 is 11.9 Å². The zero-order valence-electron chi connectivity index (χ0n) is 11.5. The fourth-order valence-corrected chi connectivity index (χ4v) is 2.33. The normalized spacial score (nSPS) is 25.3. The van der Waals surface area contributed by atoms with Crippen LogP contribution in [-0.2, 0) is 14.3 Å². The predicted octanol–water partition coefficient (Wildman–Crippen LogP) is -0.715. The number of hydrogen-bond donors (Lipinski definition) is 1. The Labute approximate surface area is 108 Å². The average molecular weight is 257 g/mol. The molecule has 6 heteroatoms. The van der Waals surface area contributed by atoms with Crippen LogP contribution in [-0.4, -0.2) is 67.6 Å². The molecule has 2 N–H and O–H groups in total. The third-order valence-electron chi connectivity index (χ3n) is 3.35. The van der Waals surface area contributed by atoms with E-state index in [-0.39, 0.29) is 12.5 Å². The van der Waals surface area contributed by atoms with E-state index >= 15 is 0 Å². The Morgan fingerprint density at radius 3 is 2.50 bits per heavy atom. The zero-order valence-corrected chi connectivity index (χ0v) is 11.5. The number of nitrogens with zero attached hydrogens (tertiary/aromatic N) is 2. The van der Waals surface area contributed by atoms with Crippen LogP contribution in [0.1, 0.15) is 13.8 Å². The Balaban J connectivity index is 2.61. The van der Waals surface area contributed by atoms with Crippen LogP contribution in [0.3, 0.4) is 0 Å². The van der Waals surface area contributed by atoms with Crippen molar-refractivity contribution < 1.29 is 14.3 Å². The first-order valence-corrected chi connectivity index (χ1v) is 6.25. The lowest BCUT2D eigenvalue weighted by molar-refractivity contribution is -0.150. The monoisotopic (exact) mass is 257 g/mol. The van der Waals surface area contributed by atoms with Crippen molar-refractivity contribution in [2.75, 3.05) is 33.8 Å². The maximum Gasteiger partial charge on any atom is 0.332 e.